The van der Waals surface area contributed by atoms with E-state index in [9.17, 15) is 67.1 Å². The zero-order valence-corrected chi connectivity index (χ0v) is 25.3. The Morgan fingerprint density at radius 1 is 0.490 bits per heavy atom. The third kappa shape index (κ3) is 9.23. The van der Waals surface area contributed by atoms with Gasteiger partial charge in [0, 0.05) is 13.1 Å². The van der Waals surface area contributed by atoms with E-state index in [4.69, 9.17) is 11.5 Å². The summed E-state index contributed by atoms with van der Waals surface area (Å²) in [5.74, 6) is -3.07. The first kappa shape index (κ1) is 39.6. The Bertz CT molecular complexity index is 1360. The molecule has 0 atom stereocenters. The van der Waals surface area contributed by atoms with Crippen LogP contribution in [0.5, 0.6) is 0 Å². The zero-order valence-electron chi connectivity index (χ0n) is 25.3. The number of barbiturate groups is 1. The molecule has 0 spiro atoms. The largest absolute Gasteiger partial charge is 0.416 e. The van der Waals surface area contributed by atoms with Crippen molar-refractivity contribution >= 4 is 17.8 Å². The number of hydrogen-bond acceptors (Lipinski definition) is 5. The van der Waals surface area contributed by atoms with E-state index in [1.165, 1.54) is 0 Å². The number of imide groups is 2. The van der Waals surface area contributed by atoms with Gasteiger partial charge in [-0.3, -0.25) is 19.4 Å². The predicted molar refractivity (Wildman–Crippen MR) is 148 cm³/mol. The Hall–Kier alpha value is -3.87. The predicted octanol–water partition coefficient (Wildman–Crippen LogP) is 6.80. The Morgan fingerprint density at radius 3 is 1.02 bits per heavy atom. The van der Waals surface area contributed by atoms with E-state index >= 15 is 0 Å². The first-order chi connectivity index (χ1) is 22.5. The van der Waals surface area contributed by atoms with Crippen molar-refractivity contribution in [3.63, 3.8) is 0 Å². The van der Waals surface area contributed by atoms with Crippen molar-refractivity contribution in [1.82, 2.24) is 9.80 Å². The first-order valence-corrected chi connectivity index (χ1v) is 14.6. The SMILES string of the molecule is NCCCCN1C(=O)N(CCCCN)C(=O)C(Cc2cc(C(F)(F)F)cc(C(F)(F)F)c2)(Cc2cc(C(F)(F)F)cc(C(F)(F)F)c2)C1=O. The number of halogens is 12. The van der Waals surface area contributed by atoms with Crippen molar-refractivity contribution in [2.75, 3.05) is 26.2 Å². The summed E-state index contributed by atoms with van der Waals surface area (Å²) in [6.07, 6.45) is -24.0. The molecule has 1 aliphatic rings. The van der Waals surface area contributed by atoms with Gasteiger partial charge in [-0.1, -0.05) is 0 Å². The molecule has 19 heteroatoms. The molecule has 0 unspecified atom stereocenters. The second kappa shape index (κ2) is 14.5. The number of nitrogens with two attached hydrogens (primary N) is 2. The van der Waals surface area contributed by atoms with Crippen LogP contribution in [0.2, 0.25) is 0 Å². The van der Waals surface area contributed by atoms with Gasteiger partial charge in [0.1, 0.15) is 5.41 Å². The molecule has 0 radical (unpaired) electrons. The number of amides is 4. The van der Waals surface area contributed by atoms with Crippen molar-refractivity contribution in [3.8, 4) is 0 Å². The number of benzene rings is 2. The lowest BCUT2D eigenvalue weighted by Gasteiger charge is -2.44. The molecule has 7 nitrogen and oxygen atoms in total. The van der Waals surface area contributed by atoms with Crippen molar-refractivity contribution in [2.24, 2.45) is 16.9 Å². The second-order valence-corrected chi connectivity index (χ2v) is 11.5. The summed E-state index contributed by atoms with van der Waals surface area (Å²) in [6.45, 7) is -0.918. The molecule has 1 saturated heterocycles. The van der Waals surface area contributed by atoms with Crippen molar-refractivity contribution in [3.05, 3.63) is 69.8 Å². The fourth-order valence-corrected chi connectivity index (χ4v) is 5.46. The summed E-state index contributed by atoms with van der Waals surface area (Å²) in [5.41, 5.74) is -1.42. The molecule has 4 amide bonds. The van der Waals surface area contributed by atoms with Gasteiger partial charge in [-0.05, 0) is 99.1 Å². The fourth-order valence-electron chi connectivity index (χ4n) is 5.46. The Labute approximate surface area is 271 Å². The van der Waals surface area contributed by atoms with Gasteiger partial charge in [0.25, 0.3) is 0 Å². The van der Waals surface area contributed by atoms with Crippen molar-refractivity contribution in [2.45, 2.75) is 63.2 Å². The number of alkyl halides is 12. The quantitative estimate of drug-likeness (QED) is 0.142. The highest BCUT2D eigenvalue weighted by Gasteiger charge is 2.57. The molecule has 49 heavy (non-hydrogen) atoms. The number of carbonyl (C=O) groups excluding carboxylic acids is 3. The maximum Gasteiger partial charge on any atom is 0.416 e. The fraction of sp³-hybridized carbons (Fsp3) is 0.500. The van der Waals surface area contributed by atoms with Crippen LogP contribution in [0.1, 0.15) is 59.1 Å². The molecule has 3 rings (SSSR count). The minimum absolute atomic E-state index is 0.0154. The van der Waals surface area contributed by atoms with E-state index in [0.717, 1.165) is 0 Å². The van der Waals surface area contributed by atoms with E-state index in [2.05, 4.69) is 0 Å². The molecule has 0 aromatic heterocycles. The number of nitrogens with zero attached hydrogens (tertiary/aromatic N) is 2. The molecule has 0 aliphatic carbocycles. The van der Waals surface area contributed by atoms with Crippen LogP contribution in [0.3, 0.4) is 0 Å². The van der Waals surface area contributed by atoms with E-state index in [1.807, 2.05) is 0 Å². The summed E-state index contributed by atoms with van der Waals surface area (Å²) in [4.78, 5) is 42.7. The lowest BCUT2D eigenvalue weighted by Crippen LogP contribution is -2.66. The summed E-state index contributed by atoms with van der Waals surface area (Å²) in [5, 5.41) is 0. The van der Waals surface area contributed by atoms with Gasteiger partial charge >= 0.3 is 30.7 Å². The molecular weight excluding hydrogens is 692 g/mol. The van der Waals surface area contributed by atoms with Crippen LogP contribution in [-0.2, 0) is 47.1 Å². The molecule has 0 saturated carbocycles. The number of rotatable bonds is 12. The molecule has 2 aromatic rings. The highest BCUT2D eigenvalue weighted by Crippen LogP contribution is 2.43. The lowest BCUT2D eigenvalue weighted by atomic mass is 9.72. The monoisotopic (exact) mass is 722 g/mol. The van der Waals surface area contributed by atoms with Gasteiger partial charge < -0.3 is 11.5 Å². The minimum atomic E-state index is -5.40. The van der Waals surface area contributed by atoms with Gasteiger partial charge in [-0.2, -0.15) is 52.7 Å². The van der Waals surface area contributed by atoms with Crippen LogP contribution < -0.4 is 11.5 Å². The van der Waals surface area contributed by atoms with Crippen molar-refractivity contribution in [1.29, 1.82) is 0 Å². The zero-order chi connectivity index (χ0) is 37.2. The van der Waals surface area contributed by atoms with Crippen LogP contribution in [0.4, 0.5) is 57.5 Å². The topological polar surface area (TPSA) is 110 Å². The maximum atomic E-state index is 14.2. The molecule has 0 bridgehead atoms. The van der Waals surface area contributed by atoms with E-state index < -0.39 is 107 Å². The number of carbonyl (C=O) groups is 3. The smallest absolute Gasteiger partial charge is 0.330 e. The first-order valence-electron chi connectivity index (χ1n) is 14.6. The van der Waals surface area contributed by atoms with E-state index in [1.54, 1.807) is 0 Å². The van der Waals surface area contributed by atoms with Crippen LogP contribution in [-0.4, -0.2) is 53.8 Å². The molecule has 272 valence electrons. The number of hydrogen-bond donors (Lipinski definition) is 2. The molecule has 1 fully saturated rings. The van der Waals surface area contributed by atoms with Crippen molar-refractivity contribution < 1.29 is 67.1 Å². The average molecular weight is 723 g/mol. The Morgan fingerprint density at radius 2 is 0.776 bits per heavy atom. The highest BCUT2D eigenvalue weighted by molar-refractivity contribution is 6.19. The van der Waals surface area contributed by atoms with Crippen LogP contribution >= 0.6 is 0 Å². The van der Waals surface area contributed by atoms with Gasteiger partial charge in [0.15, 0.2) is 0 Å². The number of unbranched alkanes of at least 4 members (excludes halogenated alkanes) is 2. The Kier molecular flexibility index (Phi) is 11.7. The molecule has 4 N–H and O–H groups in total. The van der Waals surface area contributed by atoms with Crippen LogP contribution in [0.15, 0.2) is 36.4 Å². The van der Waals surface area contributed by atoms with Gasteiger partial charge in [0.05, 0.1) is 22.3 Å². The summed E-state index contributed by atoms with van der Waals surface area (Å²) in [7, 11) is 0. The molecule has 2 aromatic carbocycles. The standard InChI is InChI=1S/C30H30F12N4O3/c31-27(32,33)19-9-17(10-20(13-19)28(34,35)36)15-26(16-18-11-21(29(37,38)39)14-22(12-18)30(40,41)42)23(47)45(7-3-1-5-43)25(49)46(24(26)48)8-4-2-6-44/h9-14H,1-8,15-16,43-44H2. The second-order valence-electron chi connectivity index (χ2n) is 11.5. The maximum absolute atomic E-state index is 14.2. The molecule has 1 aliphatic heterocycles. The normalized spacial score (nSPS) is 16.2. The van der Waals surface area contributed by atoms with Gasteiger partial charge in [-0.25, -0.2) is 4.79 Å². The summed E-state index contributed by atoms with van der Waals surface area (Å²) < 4.78 is 165. The third-order valence-corrected chi connectivity index (χ3v) is 7.75. The van der Waals surface area contributed by atoms with Gasteiger partial charge in [-0.15, -0.1) is 0 Å². The molecular formula is C30H30F12N4O3. The summed E-state index contributed by atoms with van der Waals surface area (Å²) >= 11 is 0. The van der Waals surface area contributed by atoms with Gasteiger partial charge in [0.2, 0.25) is 11.8 Å². The third-order valence-electron chi connectivity index (χ3n) is 7.75. The lowest BCUT2D eigenvalue weighted by molar-refractivity contribution is -0.159. The van der Waals surface area contributed by atoms with Crippen LogP contribution in [0.25, 0.3) is 0 Å². The van der Waals surface area contributed by atoms with E-state index in [0.29, 0.717) is 9.80 Å². The Balaban J connectivity index is 2.39. The van der Waals surface area contributed by atoms with Crippen LogP contribution in [0, 0.1) is 5.41 Å². The minimum Gasteiger partial charge on any atom is -0.330 e. The average Bonchev–Trinajstić information content (AvgIpc) is 2.97. The number of urea groups is 1. The molecule has 1 heterocycles. The highest BCUT2D eigenvalue weighted by atomic mass is 19.4. The van der Waals surface area contributed by atoms with E-state index in [-0.39, 0.29) is 75.2 Å². The summed E-state index contributed by atoms with van der Waals surface area (Å²) in [6, 6.07) is -1.02.